The van der Waals surface area contributed by atoms with Crippen molar-refractivity contribution in [2.75, 3.05) is 15.8 Å². The summed E-state index contributed by atoms with van der Waals surface area (Å²) in [6.07, 6.45) is 0. The number of hydrogen-bond donors (Lipinski definition) is 2. The van der Waals surface area contributed by atoms with Crippen LogP contribution < -0.4 is 10.0 Å². The summed E-state index contributed by atoms with van der Waals surface area (Å²) < 4.78 is 14.5. The first-order valence-corrected chi connectivity index (χ1v) is 7.11. The van der Waals surface area contributed by atoms with E-state index >= 15 is 0 Å². The summed E-state index contributed by atoms with van der Waals surface area (Å²) in [5.41, 5.74) is 1.43. The molecule has 0 bridgehead atoms. The lowest BCUT2D eigenvalue weighted by Crippen LogP contribution is -2.22. The average molecular weight is 274 g/mol. The highest BCUT2D eigenvalue weighted by molar-refractivity contribution is 7.87. The molecule has 0 aliphatic heterocycles. The molecule has 0 fully saturated rings. The van der Waals surface area contributed by atoms with Gasteiger partial charge in [0.2, 0.25) is 5.91 Å². The highest BCUT2D eigenvalue weighted by Crippen LogP contribution is 2.07. The maximum Gasteiger partial charge on any atom is 0.238 e. The summed E-state index contributed by atoms with van der Waals surface area (Å²) >= 11 is 0. The zero-order valence-electron chi connectivity index (χ0n) is 10.2. The van der Waals surface area contributed by atoms with Gasteiger partial charge in [-0.3, -0.25) is 4.79 Å². The number of carbonyl (C=O) groups is 1. The van der Waals surface area contributed by atoms with Crippen LogP contribution in [0.3, 0.4) is 0 Å². The Morgan fingerprint density at radius 1 is 0.895 bits per heavy atom. The van der Waals surface area contributed by atoms with Crippen molar-refractivity contribution in [1.82, 2.24) is 0 Å². The Hall–Kier alpha value is -2.14. The average Bonchev–Trinajstić information content (AvgIpc) is 2.40. The van der Waals surface area contributed by atoms with E-state index in [1.807, 2.05) is 36.4 Å². The Bertz CT molecular complexity index is 507. The van der Waals surface area contributed by atoms with Crippen LogP contribution in [0.1, 0.15) is 0 Å². The van der Waals surface area contributed by atoms with E-state index in [0.29, 0.717) is 5.69 Å². The molecular weight excluding hydrogens is 260 g/mol. The SMILES string of the molecule is O=C(CS(=O)Nc1ccccc1)Nc1ccccc1. The predicted octanol–water partition coefficient (Wildman–Crippen LogP) is 2.40. The second-order valence-corrected chi connectivity index (χ2v) is 5.06. The molecule has 0 aliphatic rings. The summed E-state index contributed by atoms with van der Waals surface area (Å²) in [7, 11) is -1.44. The maximum atomic E-state index is 11.8. The van der Waals surface area contributed by atoms with Gasteiger partial charge in [0.1, 0.15) is 16.7 Å². The molecule has 2 rings (SSSR count). The van der Waals surface area contributed by atoms with Crippen LogP contribution in [0.4, 0.5) is 11.4 Å². The first kappa shape index (κ1) is 13.3. The Morgan fingerprint density at radius 3 is 2.00 bits per heavy atom. The van der Waals surface area contributed by atoms with Gasteiger partial charge in [0.25, 0.3) is 0 Å². The monoisotopic (exact) mass is 274 g/mol. The van der Waals surface area contributed by atoms with Crippen molar-refractivity contribution in [3.63, 3.8) is 0 Å². The fourth-order valence-electron chi connectivity index (χ4n) is 1.51. The van der Waals surface area contributed by atoms with Gasteiger partial charge in [-0.1, -0.05) is 36.4 Å². The fraction of sp³-hybridized carbons (Fsp3) is 0.0714. The smallest absolute Gasteiger partial charge is 0.238 e. The zero-order valence-corrected chi connectivity index (χ0v) is 11.0. The number of carbonyl (C=O) groups excluding carboxylic acids is 1. The lowest BCUT2D eigenvalue weighted by Gasteiger charge is -2.07. The molecule has 0 aromatic heterocycles. The van der Waals surface area contributed by atoms with Crippen LogP contribution in [0.5, 0.6) is 0 Å². The van der Waals surface area contributed by atoms with Gasteiger partial charge in [-0.15, -0.1) is 0 Å². The van der Waals surface area contributed by atoms with Gasteiger partial charge in [-0.25, -0.2) is 4.21 Å². The van der Waals surface area contributed by atoms with Gasteiger partial charge >= 0.3 is 0 Å². The van der Waals surface area contributed by atoms with E-state index in [0.717, 1.165) is 5.69 Å². The zero-order chi connectivity index (χ0) is 13.5. The summed E-state index contributed by atoms with van der Waals surface area (Å²) in [4.78, 5) is 11.7. The van der Waals surface area contributed by atoms with Gasteiger partial charge in [0.15, 0.2) is 0 Å². The molecule has 2 aromatic rings. The van der Waals surface area contributed by atoms with Gasteiger partial charge in [0.05, 0.1) is 0 Å². The molecule has 1 amide bonds. The molecule has 1 atom stereocenters. The lowest BCUT2D eigenvalue weighted by molar-refractivity contribution is -0.113. The number of para-hydroxylation sites is 2. The summed E-state index contributed by atoms with van der Waals surface area (Å²) in [6, 6.07) is 18.2. The number of benzene rings is 2. The second kappa shape index (κ2) is 6.70. The lowest BCUT2D eigenvalue weighted by atomic mass is 10.3. The number of nitrogens with one attached hydrogen (secondary N) is 2. The van der Waals surface area contributed by atoms with E-state index in [-0.39, 0.29) is 11.7 Å². The first-order valence-electron chi connectivity index (χ1n) is 5.79. The van der Waals surface area contributed by atoms with Crippen LogP contribution in [0.15, 0.2) is 60.7 Å². The van der Waals surface area contributed by atoms with Crippen LogP contribution in [0.25, 0.3) is 0 Å². The molecule has 1 unspecified atom stereocenters. The Balaban J connectivity index is 1.84. The molecule has 98 valence electrons. The third-order valence-corrected chi connectivity index (χ3v) is 3.31. The molecule has 0 spiro atoms. The van der Waals surface area contributed by atoms with Crippen LogP contribution in [0.2, 0.25) is 0 Å². The summed E-state index contributed by atoms with van der Waals surface area (Å²) in [5.74, 6) is -0.378. The molecule has 0 saturated carbocycles. The second-order valence-electron chi connectivity index (χ2n) is 3.87. The van der Waals surface area contributed by atoms with Crippen molar-refractivity contribution >= 4 is 28.3 Å². The van der Waals surface area contributed by atoms with Crippen molar-refractivity contribution in [2.45, 2.75) is 0 Å². The Kier molecular flexibility index (Phi) is 4.69. The molecule has 2 N–H and O–H groups in total. The molecule has 19 heavy (non-hydrogen) atoms. The van der Waals surface area contributed by atoms with Crippen LogP contribution in [-0.2, 0) is 15.8 Å². The molecule has 4 nitrogen and oxygen atoms in total. The predicted molar refractivity (Wildman–Crippen MR) is 78.1 cm³/mol. The highest BCUT2D eigenvalue weighted by atomic mass is 32.2. The molecule has 0 radical (unpaired) electrons. The third-order valence-electron chi connectivity index (χ3n) is 2.33. The minimum Gasteiger partial charge on any atom is -0.325 e. The van der Waals surface area contributed by atoms with Crippen LogP contribution in [-0.4, -0.2) is 15.9 Å². The standard InChI is InChI=1S/C14H14N2O2S/c17-14(15-12-7-3-1-4-8-12)11-19(18)16-13-9-5-2-6-10-13/h1-10,16H,11H2,(H,15,17). The summed E-state index contributed by atoms with van der Waals surface area (Å²) in [5, 5.41) is 2.69. The van der Waals surface area contributed by atoms with Crippen molar-refractivity contribution in [1.29, 1.82) is 0 Å². The van der Waals surface area contributed by atoms with Gasteiger partial charge in [-0.05, 0) is 24.3 Å². The first-order chi connectivity index (χ1) is 9.24. The van der Waals surface area contributed by atoms with Crippen molar-refractivity contribution in [2.24, 2.45) is 0 Å². The molecule has 0 heterocycles. The maximum absolute atomic E-state index is 11.8. The van der Waals surface area contributed by atoms with E-state index in [1.54, 1.807) is 24.3 Å². The van der Waals surface area contributed by atoms with E-state index < -0.39 is 11.0 Å². The van der Waals surface area contributed by atoms with Crippen LogP contribution >= 0.6 is 0 Å². The van der Waals surface area contributed by atoms with Gasteiger partial charge < -0.3 is 10.0 Å². The summed E-state index contributed by atoms with van der Waals surface area (Å²) in [6.45, 7) is 0. The van der Waals surface area contributed by atoms with E-state index in [4.69, 9.17) is 0 Å². The normalized spacial score (nSPS) is 11.6. The van der Waals surface area contributed by atoms with Crippen LogP contribution in [0, 0.1) is 0 Å². The van der Waals surface area contributed by atoms with Crippen molar-refractivity contribution in [3.8, 4) is 0 Å². The Labute approximate surface area is 114 Å². The van der Waals surface area contributed by atoms with E-state index in [2.05, 4.69) is 10.0 Å². The largest absolute Gasteiger partial charge is 0.325 e. The molecule has 0 saturated heterocycles. The molecule has 5 heteroatoms. The number of amides is 1. The van der Waals surface area contributed by atoms with Gasteiger partial charge in [-0.2, -0.15) is 0 Å². The molecular formula is C14H14N2O2S. The molecule has 0 aliphatic carbocycles. The fourth-order valence-corrected chi connectivity index (χ4v) is 2.29. The topological polar surface area (TPSA) is 58.2 Å². The number of rotatable bonds is 5. The number of anilines is 2. The van der Waals surface area contributed by atoms with Crippen molar-refractivity contribution in [3.05, 3.63) is 60.7 Å². The van der Waals surface area contributed by atoms with E-state index in [9.17, 15) is 9.00 Å². The minimum absolute atomic E-state index is 0.0935. The molecule has 2 aromatic carbocycles. The Morgan fingerprint density at radius 2 is 1.42 bits per heavy atom. The third kappa shape index (κ3) is 4.56. The minimum atomic E-state index is -1.44. The van der Waals surface area contributed by atoms with Gasteiger partial charge in [0, 0.05) is 11.4 Å². The quantitative estimate of drug-likeness (QED) is 0.879. The van der Waals surface area contributed by atoms with E-state index in [1.165, 1.54) is 0 Å². The van der Waals surface area contributed by atoms with Crippen molar-refractivity contribution < 1.29 is 9.00 Å². The highest BCUT2D eigenvalue weighted by Gasteiger charge is 2.08. The number of hydrogen-bond acceptors (Lipinski definition) is 2.